The third-order valence-electron chi connectivity index (χ3n) is 2.04. The molecule has 0 aliphatic heterocycles. The molecule has 1 rings (SSSR count). The van der Waals surface area contributed by atoms with Crippen LogP contribution in [-0.4, -0.2) is 30.3 Å². The molecular formula is C8H14ClN3O2S. The Morgan fingerprint density at radius 2 is 2.27 bits per heavy atom. The maximum Gasteiger partial charge on any atom is 0.257 e. The Balaban J connectivity index is 2.81. The number of hydrogen-bond acceptors (Lipinski definition) is 3. The summed E-state index contributed by atoms with van der Waals surface area (Å²) < 4.78 is 26.0. The highest BCUT2D eigenvalue weighted by molar-refractivity contribution is 7.89. The molecule has 0 spiro atoms. The van der Waals surface area contributed by atoms with Crippen LogP contribution >= 0.6 is 11.6 Å². The summed E-state index contributed by atoms with van der Waals surface area (Å²) in [6.45, 7) is 3.81. The maximum absolute atomic E-state index is 11.7. The van der Waals surface area contributed by atoms with E-state index in [0.29, 0.717) is 0 Å². The van der Waals surface area contributed by atoms with Gasteiger partial charge in [-0.15, -0.1) is 11.6 Å². The summed E-state index contributed by atoms with van der Waals surface area (Å²) in [7, 11) is -3.53. The van der Waals surface area contributed by atoms with E-state index in [1.807, 2.05) is 13.8 Å². The van der Waals surface area contributed by atoms with Gasteiger partial charge in [-0.25, -0.2) is 18.1 Å². The Morgan fingerprint density at radius 3 is 2.67 bits per heavy atom. The lowest BCUT2D eigenvalue weighted by atomic mass is 10.1. The van der Waals surface area contributed by atoms with Crippen LogP contribution in [0.5, 0.6) is 0 Å². The molecule has 2 N–H and O–H groups in total. The second-order valence-corrected chi connectivity index (χ2v) is 5.53. The van der Waals surface area contributed by atoms with Crippen molar-refractivity contribution in [2.24, 2.45) is 5.92 Å². The predicted octanol–water partition coefficient (Wildman–Crippen LogP) is 0.951. The van der Waals surface area contributed by atoms with Crippen LogP contribution < -0.4 is 4.72 Å². The molecule has 0 aliphatic carbocycles. The number of aromatic amines is 1. The van der Waals surface area contributed by atoms with Crippen LogP contribution in [0.25, 0.3) is 0 Å². The zero-order valence-electron chi connectivity index (χ0n) is 8.57. The van der Waals surface area contributed by atoms with Gasteiger partial charge in [-0.2, -0.15) is 0 Å². The Kier molecular flexibility index (Phi) is 4.12. The summed E-state index contributed by atoms with van der Waals surface area (Å²) in [6, 6.07) is -0.278. The maximum atomic E-state index is 11.7. The zero-order chi connectivity index (χ0) is 11.5. The molecule has 1 aromatic heterocycles. The van der Waals surface area contributed by atoms with Gasteiger partial charge in [-0.05, 0) is 5.92 Å². The van der Waals surface area contributed by atoms with Gasteiger partial charge in [0, 0.05) is 11.9 Å². The minimum atomic E-state index is -3.53. The summed E-state index contributed by atoms with van der Waals surface area (Å²) in [5.74, 6) is 0.380. The number of aromatic nitrogens is 2. The number of imidazole rings is 1. The number of H-pyrrole nitrogens is 1. The van der Waals surface area contributed by atoms with Crippen LogP contribution in [0.4, 0.5) is 0 Å². The highest BCUT2D eigenvalue weighted by atomic mass is 35.5. The molecule has 0 amide bonds. The number of nitrogens with zero attached hydrogens (tertiary/aromatic N) is 1. The Hall–Kier alpha value is -0.590. The van der Waals surface area contributed by atoms with Crippen molar-refractivity contribution in [2.45, 2.75) is 24.9 Å². The summed E-state index contributed by atoms with van der Waals surface area (Å²) in [5, 5.41) is 0.0540. The molecule has 0 aliphatic rings. The van der Waals surface area contributed by atoms with Gasteiger partial charge < -0.3 is 4.98 Å². The van der Waals surface area contributed by atoms with E-state index in [2.05, 4.69) is 14.7 Å². The minimum absolute atomic E-state index is 0.0540. The first-order valence-electron chi connectivity index (χ1n) is 4.54. The van der Waals surface area contributed by atoms with Crippen molar-refractivity contribution in [1.29, 1.82) is 0 Å². The van der Waals surface area contributed by atoms with Crippen molar-refractivity contribution in [2.75, 3.05) is 5.88 Å². The van der Waals surface area contributed by atoms with Crippen molar-refractivity contribution in [3.8, 4) is 0 Å². The molecule has 0 saturated heterocycles. The summed E-state index contributed by atoms with van der Waals surface area (Å²) in [4.78, 5) is 6.20. The van der Waals surface area contributed by atoms with E-state index in [-0.39, 0.29) is 22.9 Å². The fourth-order valence-electron chi connectivity index (χ4n) is 0.999. The van der Waals surface area contributed by atoms with Gasteiger partial charge in [0.2, 0.25) is 0 Å². The Bertz CT molecular complexity index is 388. The van der Waals surface area contributed by atoms with Crippen molar-refractivity contribution in [3.05, 3.63) is 12.5 Å². The molecule has 1 aromatic rings. The molecule has 0 bridgehead atoms. The monoisotopic (exact) mass is 251 g/mol. The lowest BCUT2D eigenvalue weighted by Gasteiger charge is -2.18. The molecule has 7 heteroatoms. The molecule has 0 aromatic carbocycles. The van der Waals surface area contributed by atoms with Crippen molar-refractivity contribution in [3.63, 3.8) is 0 Å². The smallest absolute Gasteiger partial charge is 0.257 e. The topological polar surface area (TPSA) is 74.8 Å². The first-order chi connectivity index (χ1) is 6.97. The lowest BCUT2D eigenvalue weighted by molar-refractivity contribution is 0.479. The first kappa shape index (κ1) is 12.5. The highest BCUT2D eigenvalue weighted by Crippen LogP contribution is 2.09. The van der Waals surface area contributed by atoms with Crippen LogP contribution in [0.2, 0.25) is 0 Å². The van der Waals surface area contributed by atoms with Gasteiger partial charge in [-0.1, -0.05) is 13.8 Å². The molecule has 0 radical (unpaired) electrons. The average Bonchev–Trinajstić information content (AvgIpc) is 2.67. The largest absolute Gasteiger partial charge is 0.335 e. The fourth-order valence-corrected chi connectivity index (χ4v) is 2.81. The number of nitrogens with one attached hydrogen (secondary N) is 2. The number of rotatable bonds is 5. The van der Waals surface area contributed by atoms with E-state index in [1.165, 1.54) is 12.5 Å². The van der Waals surface area contributed by atoms with Crippen LogP contribution in [0, 0.1) is 5.92 Å². The van der Waals surface area contributed by atoms with E-state index in [1.54, 1.807) is 0 Å². The first-order valence-corrected chi connectivity index (χ1v) is 6.56. The molecule has 86 valence electrons. The SMILES string of the molecule is CC(C)C(CCl)NS(=O)(=O)c1cnc[nH]1. The minimum Gasteiger partial charge on any atom is -0.335 e. The van der Waals surface area contributed by atoms with Gasteiger partial charge in [0.1, 0.15) is 0 Å². The molecule has 15 heavy (non-hydrogen) atoms. The Labute approximate surface area is 94.3 Å². The van der Waals surface area contributed by atoms with Crippen molar-refractivity contribution >= 4 is 21.6 Å². The molecule has 1 atom stereocenters. The van der Waals surface area contributed by atoms with E-state index < -0.39 is 10.0 Å². The van der Waals surface area contributed by atoms with Gasteiger partial charge >= 0.3 is 0 Å². The van der Waals surface area contributed by atoms with Gasteiger partial charge in [-0.3, -0.25) is 0 Å². The summed E-state index contributed by atoms with van der Waals surface area (Å²) in [5.41, 5.74) is 0. The third kappa shape index (κ3) is 3.19. The van der Waals surface area contributed by atoms with E-state index in [9.17, 15) is 8.42 Å². The lowest BCUT2D eigenvalue weighted by Crippen LogP contribution is -2.39. The Morgan fingerprint density at radius 1 is 1.60 bits per heavy atom. The highest BCUT2D eigenvalue weighted by Gasteiger charge is 2.22. The summed E-state index contributed by atoms with van der Waals surface area (Å²) in [6.07, 6.45) is 2.58. The van der Waals surface area contributed by atoms with Gasteiger partial charge in [0.05, 0.1) is 12.5 Å². The summed E-state index contributed by atoms with van der Waals surface area (Å²) >= 11 is 5.68. The normalized spacial score (nSPS) is 14.4. The molecule has 5 nitrogen and oxygen atoms in total. The van der Waals surface area contributed by atoms with Crippen molar-refractivity contribution in [1.82, 2.24) is 14.7 Å². The standard InChI is InChI=1S/C8H14ClN3O2S/c1-6(2)7(3-9)12-15(13,14)8-4-10-5-11-8/h4-7,12H,3H2,1-2H3,(H,10,11). The molecule has 1 unspecified atom stereocenters. The van der Waals surface area contributed by atoms with Gasteiger partial charge in [0.25, 0.3) is 10.0 Å². The number of halogens is 1. The number of hydrogen-bond donors (Lipinski definition) is 2. The number of alkyl halides is 1. The average molecular weight is 252 g/mol. The van der Waals surface area contributed by atoms with E-state index in [0.717, 1.165) is 0 Å². The molecule has 0 fully saturated rings. The van der Waals surface area contributed by atoms with Crippen LogP contribution in [0.1, 0.15) is 13.8 Å². The predicted molar refractivity (Wildman–Crippen MR) is 58.3 cm³/mol. The second-order valence-electron chi connectivity index (χ2n) is 3.54. The second kappa shape index (κ2) is 4.96. The van der Waals surface area contributed by atoms with Crippen LogP contribution in [0.3, 0.4) is 0 Å². The molecule has 1 heterocycles. The van der Waals surface area contributed by atoms with E-state index in [4.69, 9.17) is 11.6 Å². The van der Waals surface area contributed by atoms with Crippen molar-refractivity contribution < 1.29 is 8.42 Å². The molecular weight excluding hydrogens is 238 g/mol. The van der Waals surface area contributed by atoms with E-state index >= 15 is 0 Å². The number of sulfonamides is 1. The van der Waals surface area contributed by atoms with Crippen LogP contribution in [-0.2, 0) is 10.0 Å². The zero-order valence-corrected chi connectivity index (χ0v) is 10.1. The third-order valence-corrected chi connectivity index (χ3v) is 3.79. The fraction of sp³-hybridized carbons (Fsp3) is 0.625. The van der Waals surface area contributed by atoms with Crippen LogP contribution in [0.15, 0.2) is 17.6 Å². The van der Waals surface area contributed by atoms with Gasteiger partial charge in [0.15, 0.2) is 5.03 Å². The quantitative estimate of drug-likeness (QED) is 0.766. The molecule has 0 saturated carbocycles.